The van der Waals surface area contributed by atoms with Crippen LogP contribution in [0.25, 0.3) is 11.1 Å². The number of carbonyl (C=O) groups excluding carboxylic acids is 2. The summed E-state index contributed by atoms with van der Waals surface area (Å²) in [6, 6.07) is 18.2. The monoisotopic (exact) mass is 380 g/mol. The molecule has 0 spiro atoms. The molecule has 28 heavy (non-hydrogen) atoms. The second kappa shape index (κ2) is 8.57. The Kier molecular flexibility index (Phi) is 6.15. The van der Waals surface area contributed by atoms with E-state index in [4.69, 9.17) is 10.5 Å². The minimum absolute atomic E-state index is 0.0448. The van der Waals surface area contributed by atoms with Gasteiger partial charge in [-0.05, 0) is 22.6 Å². The van der Waals surface area contributed by atoms with Gasteiger partial charge in [-0.2, -0.15) is 0 Å². The maximum absolute atomic E-state index is 12.5. The molecule has 5 heteroatoms. The molecule has 0 aromatic heterocycles. The number of ether oxygens (including phenoxy) is 1. The first kappa shape index (κ1) is 20.1. The molecule has 1 atom stereocenters. The first-order chi connectivity index (χ1) is 13.4. The number of hydrogen-bond acceptors (Lipinski definition) is 3. The van der Waals surface area contributed by atoms with Crippen LogP contribution in [0.1, 0.15) is 25.8 Å². The molecule has 0 bridgehead atoms. The molecular formula is C23H28N2O3. The van der Waals surface area contributed by atoms with Crippen LogP contribution >= 0.6 is 0 Å². The van der Waals surface area contributed by atoms with Crippen molar-refractivity contribution in [2.45, 2.75) is 32.3 Å². The first-order valence-corrected chi connectivity index (χ1v) is 9.75. The van der Waals surface area contributed by atoms with E-state index >= 15 is 0 Å². The van der Waals surface area contributed by atoms with Crippen LogP contribution in [0.5, 0.6) is 0 Å². The van der Waals surface area contributed by atoms with Crippen LogP contribution in [0.4, 0.5) is 0 Å². The normalized spacial score (nSPS) is 19.6. The average molecular weight is 380 g/mol. The summed E-state index contributed by atoms with van der Waals surface area (Å²) in [4.78, 5) is 26.5. The van der Waals surface area contributed by atoms with Crippen LogP contribution in [0.3, 0.4) is 0 Å². The van der Waals surface area contributed by atoms with Gasteiger partial charge in [-0.25, -0.2) is 0 Å². The number of hydrogen-bond donors (Lipinski definition) is 1. The zero-order valence-electron chi connectivity index (χ0n) is 16.6. The van der Waals surface area contributed by atoms with Crippen molar-refractivity contribution in [1.29, 1.82) is 0 Å². The Labute approximate surface area is 166 Å². The van der Waals surface area contributed by atoms with E-state index in [2.05, 4.69) is 12.1 Å². The van der Waals surface area contributed by atoms with Crippen molar-refractivity contribution < 1.29 is 14.3 Å². The molecule has 0 saturated carbocycles. The molecule has 2 aromatic rings. The van der Waals surface area contributed by atoms with Crippen LogP contribution in [0, 0.1) is 5.92 Å². The number of primary amides is 1. The maximum Gasteiger partial charge on any atom is 0.251 e. The van der Waals surface area contributed by atoms with Gasteiger partial charge in [0.1, 0.15) is 0 Å². The molecule has 2 aromatic carbocycles. The molecule has 1 aliphatic rings. The molecular weight excluding hydrogens is 352 g/mol. The van der Waals surface area contributed by atoms with E-state index in [0.717, 1.165) is 16.7 Å². The van der Waals surface area contributed by atoms with E-state index in [1.54, 1.807) is 4.90 Å². The molecule has 0 radical (unpaired) electrons. The van der Waals surface area contributed by atoms with Crippen LogP contribution < -0.4 is 5.73 Å². The van der Waals surface area contributed by atoms with Crippen molar-refractivity contribution in [3.8, 4) is 11.1 Å². The smallest absolute Gasteiger partial charge is 0.251 e. The van der Waals surface area contributed by atoms with Crippen molar-refractivity contribution in [3.63, 3.8) is 0 Å². The third-order valence-electron chi connectivity index (χ3n) is 5.12. The van der Waals surface area contributed by atoms with Crippen molar-refractivity contribution in [2.75, 3.05) is 19.7 Å². The third-order valence-corrected chi connectivity index (χ3v) is 5.12. The molecule has 2 N–H and O–H groups in total. The molecule has 5 nitrogen and oxygen atoms in total. The van der Waals surface area contributed by atoms with E-state index in [1.165, 1.54) is 0 Å². The number of rotatable bonds is 6. The van der Waals surface area contributed by atoms with Gasteiger partial charge in [0.05, 0.1) is 13.2 Å². The molecule has 1 fully saturated rings. The van der Waals surface area contributed by atoms with E-state index in [9.17, 15) is 9.59 Å². The standard InChI is InChI=1S/C23H28N2O3/c1-17(2)14-21(26)25-12-13-28-23(16-25,22(24)27)15-18-8-10-20(11-9-18)19-6-4-3-5-7-19/h3-11,17H,12-16H2,1-2H3,(H2,24,27)/t23-/m1/s1. The van der Waals surface area contributed by atoms with Crippen molar-refractivity contribution in [2.24, 2.45) is 11.7 Å². The van der Waals surface area contributed by atoms with E-state index < -0.39 is 11.5 Å². The lowest BCUT2D eigenvalue weighted by atomic mass is 9.90. The second-order valence-electron chi connectivity index (χ2n) is 7.86. The van der Waals surface area contributed by atoms with Gasteiger partial charge in [0.25, 0.3) is 5.91 Å². The highest BCUT2D eigenvalue weighted by Crippen LogP contribution is 2.26. The lowest BCUT2D eigenvalue weighted by Gasteiger charge is -2.41. The fraction of sp³-hybridized carbons (Fsp3) is 0.391. The summed E-state index contributed by atoms with van der Waals surface area (Å²) in [5, 5.41) is 0. The van der Waals surface area contributed by atoms with Gasteiger partial charge in [0.15, 0.2) is 5.60 Å². The van der Waals surface area contributed by atoms with Gasteiger partial charge in [0, 0.05) is 19.4 Å². The molecule has 0 unspecified atom stereocenters. The van der Waals surface area contributed by atoms with E-state index in [1.807, 2.05) is 56.3 Å². The van der Waals surface area contributed by atoms with Crippen LogP contribution in [0.15, 0.2) is 54.6 Å². The van der Waals surface area contributed by atoms with Crippen LogP contribution in [0.2, 0.25) is 0 Å². The molecule has 3 rings (SSSR count). The number of carbonyl (C=O) groups is 2. The molecule has 1 aliphatic heterocycles. The maximum atomic E-state index is 12.5. The Morgan fingerprint density at radius 1 is 1.07 bits per heavy atom. The van der Waals surface area contributed by atoms with Gasteiger partial charge in [-0.15, -0.1) is 0 Å². The lowest BCUT2D eigenvalue weighted by molar-refractivity contribution is -0.163. The van der Waals surface area contributed by atoms with Gasteiger partial charge in [0.2, 0.25) is 5.91 Å². The minimum atomic E-state index is -1.18. The van der Waals surface area contributed by atoms with Crippen molar-refractivity contribution in [3.05, 3.63) is 60.2 Å². The van der Waals surface area contributed by atoms with Gasteiger partial charge < -0.3 is 15.4 Å². The van der Waals surface area contributed by atoms with Gasteiger partial charge >= 0.3 is 0 Å². The van der Waals surface area contributed by atoms with Crippen LogP contribution in [-0.4, -0.2) is 42.0 Å². The van der Waals surface area contributed by atoms with Crippen LogP contribution in [-0.2, 0) is 20.7 Å². The first-order valence-electron chi connectivity index (χ1n) is 9.75. The van der Waals surface area contributed by atoms with Gasteiger partial charge in [-0.3, -0.25) is 9.59 Å². The predicted molar refractivity (Wildman–Crippen MR) is 109 cm³/mol. The lowest BCUT2D eigenvalue weighted by Crippen LogP contribution is -2.61. The minimum Gasteiger partial charge on any atom is -0.367 e. The Morgan fingerprint density at radius 3 is 2.32 bits per heavy atom. The number of nitrogens with zero attached hydrogens (tertiary/aromatic N) is 1. The summed E-state index contributed by atoms with van der Waals surface area (Å²) >= 11 is 0. The average Bonchev–Trinajstić information content (AvgIpc) is 2.69. The highest BCUT2D eigenvalue weighted by Gasteiger charge is 2.43. The van der Waals surface area contributed by atoms with Crippen molar-refractivity contribution >= 4 is 11.8 Å². The van der Waals surface area contributed by atoms with E-state index in [0.29, 0.717) is 26.0 Å². The fourth-order valence-corrected chi connectivity index (χ4v) is 3.59. The van der Waals surface area contributed by atoms with Crippen molar-refractivity contribution in [1.82, 2.24) is 4.90 Å². The summed E-state index contributed by atoms with van der Waals surface area (Å²) < 4.78 is 5.86. The SMILES string of the molecule is CC(C)CC(=O)N1CCO[C@@](Cc2ccc(-c3ccccc3)cc2)(C(N)=O)C1. The number of nitrogens with two attached hydrogens (primary N) is 1. The largest absolute Gasteiger partial charge is 0.367 e. The summed E-state index contributed by atoms with van der Waals surface area (Å²) in [6.07, 6.45) is 0.809. The number of benzene rings is 2. The highest BCUT2D eigenvalue weighted by atomic mass is 16.5. The number of morpholine rings is 1. The molecule has 148 valence electrons. The zero-order chi connectivity index (χ0) is 20.1. The summed E-state index contributed by atoms with van der Waals surface area (Å²) in [6.45, 7) is 5.03. The van der Waals surface area contributed by atoms with E-state index in [-0.39, 0.29) is 18.4 Å². The highest BCUT2D eigenvalue weighted by molar-refractivity contribution is 5.86. The molecule has 1 heterocycles. The Morgan fingerprint density at radius 2 is 1.71 bits per heavy atom. The molecule has 2 amide bonds. The van der Waals surface area contributed by atoms with Gasteiger partial charge in [-0.1, -0.05) is 68.4 Å². The Hall–Kier alpha value is -2.66. The Balaban J connectivity index is 1.77. The summed E-state index contributed by atoms with van der Waals surface area (Å²) in [7, 11) is 0. The zero-order valence-corrected chi connectivity index (χ0v) is 16.6. The Bertz CT molecular complexity index is 818. The fourth-order valence-electron chi connectivity index (χ4n) is 3.59. The summed E-state index contributed by atoms with van der Waals surface area (Å²) in [5.74, 6) is -0.214. The topological polar surface area (TPSA) is 72.6 Å². The number of amides is 2. The molecule has 0 aliphatic carbocycles. The molecule has 1 saturated heterocycles. The summed E-state index contributed by atoms with van der Waals surface area (Å²) in [5.41, 5.74) is 7.75. The second-order valence-corrected chi connectivity index (χ2v) is 7.86. The predicted octanol–water partition coefficient (Wildman–Crippen LogP) is 3.03. The quantitative estimate of drug-likeness (QED) is 0.837. The third kappa shape index (κ3) is 4.60.